The zero-order valence-corrected chi connectivity index (χ0v) is 20.2. The molecule has 0 bridgehead atoms. The number of aryl methyl sites for hydroxylation is 2. The highest BCUT2D eigenvalue weighted by Crippen LogP contribution is 2.48. The van der Waals surface area contributed by atoms with E-state index in [1.807, 2.05) is 25.1 Å². The first-order chi connectivity index (χ1) is 14.9. The molecule has 170 valence electrons. The smallest absolute Gasteiger partial charge is 0.335 e. The summed E-state index contributed by atoms with van der Waals surface area (Å²) in [5.41, 5.74) is 6.59. The van der Waals surface area contributed by atoms with Gasteiger partial charge in [0, 0.05) is 12.3 Å². The summed E-state index contributed by atoms with van der Waals surface area (Å²) in [5, 5.41) is 9.36. The fraction of sp³-hybridized carbons (Fsp3) is 0.429. The van der Waals surface area contributed by atoms with Crippen LogP contribution < -0.4 is 0 Å². The molecule has 0 radical (unpaired) electrons. The molecular weight excluding hydrogens is 400 g/mol. The Morgan fingerprint density at radius 2 is 1.78 bits per heavy atom. The second kappa shape index (κ2) is 8.57. The predicted octanol–water partition coefficient (Wildman–Crippen LogP) is 6.32. The molecule has 1 N–H and O–H groups in total. The van der Waals surface area contributed by atoms with E-state index in [2.05, 4.69) is 52.8 Å². The molecular formula is C28H34O4. The molecule has 2 aromatic carbocycles. The lowest BCUT2D eigenvalue weighted by molar-refractivity contribution is -0.151. The van der Waals surface area contributed by atoms with Gasteiger partial charge >= 0.3 is 11.9 Å². The van der Waals surface area contributed by atoms with E-state index in [4.69, 9.17) is 4.74 Å². The van der Waals surface area contributed by atoms with E-state index in [1.165, 1.54) is 18.1 Å². The summed E-state index contributed by atoms with van der Waals surface area (Å²) in [6, 6.07) is 9.98. The lowest BCUT2D eigenvalue weighted by atomic mass is 9.61. The zero-order chi connectivity index (χ0) is 23.8. The van der Waals surface area contributed by atoms with Crippen LogP contribution in [0.3, 0.4) is 0 Å². The van der Waals surface area contributed by atoms with Gasteiger partial charge in [0.1, 0.15) is 6.10 Å². The summed E-state index contributed by atoms with van der Waals surface area (Å²) in [6.45, 7) is 14.3. The number of carbonyl (C=O) groups is 2. The third-order valence-electron chi connectivity index (χ3n) is 6.83. The van der Waals surface area contributed by atoms with Gasteiger partial charge in [-0.25, -0.2) is 4.79 Å². The van der Waals surface area contributed by atoms with Crippen LogP contribution >= 0.6 is 0 Å². The summed E-state index contributed by atoms with van der Waals surface area (Å²) in [6.07, 6.45) is 5.43. The lowest BCUT2D eigenvalue weighted by Crippen LogP contribution is -2.47. The van der Waals surface area contributed by atoms with E-state index in [9.17, 15) is 14.7 Å². The fourth-order valence-corrected chi connectivity index (χ4v) is 4.79. The van der Waals surface area contributed by atoms with Crippen molar-refractivity contribution in [2.45, 2.75) is 78.2 Å². The van der Waals surface area contributed by atoms with Gasteiger partial charge in [-0.3, -0.25) is 4.79 Å². The monoisotopic (exact) mass is 434 g/mol. The number of carboxylic acid groups (broad SMARTS) is 1. The molecule has 0 aromatic heterocycles. The Hall–Kier alpha value is -2.88. The third-order valence-corrected chi connectivity index (χ3v) is 6.83. The number of esters is 1. The maximum atomic E-state index is 11.7. The first-order valence-electron chi connectivity index (χ1n) is 11.2. The van der Waals surface area contributed by atoms with Crippen LogP contribution in [0.15, 0.2) is 30.3 Å². The highest BCUT2D eigenvalue weighted by molar-refractivity contribution is 5.90. The van der Waals surface area contributed by atoms with Crippen LogP contribution in [0.1, 0.15) is 91.7 Å². The minimum Gasteiger partial charge on any atom is -0.478 e. The highest BCUT2D eigenvalue weighted by atomic mass is 16.5. The Labute approximate surface area is 191 Å². The van der Waals surface area contributed by atoms with Gasteiger partial charge in [0.15, 0.2) is 0 Å². The van der Waals surface area contributed by atoms with E-state index in [0.717, 1.165) is 28.7 Å². The molecule has 1 atom stereocenters. The van der Waals surface area contributed by atoms with Crippen molar-refractivity contribution in [1.82, 2.24) is 0 Å². The van der Waals surface area contributed by atoms with Crippen LogP contribution in [0.25, 0.3) is 12.2 Å². The summed E-state index contributed by atoms with van der Waals surface area (Å²) in [5.74, 6) is -1.13. The van der Waals surface area contributed by atoms with Gasteiger partial charge in [-0.05, 0) is 64.6 Å². The van der Waals surface area contributed by atoms with Gasteiger partial charge in [0.25, 0.3) is 0 Å². The Morgan fingerprint density at radius 3 is 2.38 bits per heavy atom. The van der Waals surface area contributed by atoms with Crippen molar-refractivity contribution in [3.63, 3.8) is 0 Å². The van der Waals surface area contributed by atoms with E-state index < -0.39 is 5.97 Å². The summed E-state index contributed by atoms with van der Waals surface area (Å²) < 4.78 is 5.73. The largest absolute Gasteiger partial charge is 0.478 e. The maximum absolute atomic E-state index is 11.7. The summed E-state index contributed by atoms with van der Waals surface area (Å²) in [7, 11) is 0. The Bertz CT molecular complexity index is 1090. The molecule has 4 heteroatoms. The third kappa shape index (κ3) is 4.50. The Morgan fingerprint density at radius 1 is 1.09 bits per heavy atom. The molecule has 2 aromatic rings. The second-order valence-corrected chi connectivity index (χ2v) is 10.1. The topological polar surface area (TPSA) is 63.6 Å². The van der Waals surface area contributed by atoms with Crippen molar-refractivity contribution < 1.29 is 19.4 Å². The summed E-state index contributed by atoms with van der Waals surface area (Å²) in [4.78, 5) is 23.1. The minimum atomic E-state index is -0.889. The normalized spacial score (nSPS) is 18.9. The van der Waals surface area contributed by atoms with E-state index >= 15 is 0 Å². The molecule has 0 aliphatic heterocycles. The molecule has 0 saturated carbocycles. The van der Waals surface area contributed by atoms with Crippen LogP contribution in [-0.4, -0.2) is 23.1 Å². The van der Waals surface area contributed by atoms with Gasteiger partial charge in [0.2, 0.25) is 0 Å². The number of fused-ring (bicyclic) bond motifs is 1. The number of hydrogen-bond donors (Lipinski definition) is 1. The molecule has 0 fully saturated rings. The van der Waals surface area contributed by atoms with Gasteiger partial charge in [-0.2, -0.15) is 0 Å². The summed E-state index contributed by atoms with van der Waals surface area (Å²) >= 11 is 0. The predicted molar refractivity (Wildman–Crippen MR) is 129 cm³/mol. The zero-order valence-electron chi connectivity index (χ0n) is 20.2. The number of benzene rings is 2. The highest BCUT2D eigenvalue weighted by Gasteiger charge is 2.46. The van der Waals surface area contributed by atoms with Crippen molar-refractivity contribution in [1.29, 1.82) is 0 Å². The first kappa shape index (κ1) is 23.8. The number of aromatic carboxylic acids is 1. The number of ether oxygens (including phenoxy) is 1. The molecule has 0 saturated heterocycles. The molecule has 0 spiro atoms. The molecule has 1 aliphatic rings. The average Bonchev–Trinajstić information content (AvgIpc) is 2.70. The molecule has 4 nitrogen and oxygen atoms in total. The van der Waals surface area contributed by atoms with Crippen LogP contribution in [-0.2, 0) is 26.8 Å². The second-order valence-electron chi connectivity index (χ2n) is 10.1. The van der Waals surface area contributed by atoms with E-state index in [1.54, 1.807) is 6.07 Å². The number of rotatable bonds is 5. The van der Waals surface area contributed by atoms with E-state index in [0.29, 0.717) is 12.0 Å². The Balaban J connectivity index is 2.02. The van der Waals surface area contributed by atoms with Gasteiger partial charge in [-0.15, -0.1) is 0 Å². The van der Waals surface area contributed by atoms with E-state index in [-0.39, 0.29) is 22.9 Å². The van der Waals surface area contributed by atoms with Gasteiger partial charge in [-0.1, -0.05) is 71.0 Å². The molecule has 0 heterocycles. The molecule has 3 rings (SSSR count). The van der Waals surface area contributed by atoms with Crippen LogP contribution in [0.4, 0.5) is 0 Å². The van der Waals surface area contributed by atoms with Crippen molar-refractivity contribution in [3.8, 4) is 0 Å². The van der Waals surface area contributed by atoms with Gasteiger partial charge in [0.05, 0.1) is 5.56 Å². The SMILES string of the molecule is CCc1cc(C=Cc2cc3c(cc2C)C(C)(C)C(OC(C)=O)CC3(C)C)ccc1C(=O)O. The van der Waals surface area contributed by atoms with Crippen molar-refractivity contribution in [2.24, 2.45) is 0 Å². The standard InChI is InChI=1S/C28H34O4/c1-8-20-14-19(10-12-22(20)26(30)31)9-11-21-15-23-24(13-17(21)2)28(6,7)25(32-18(3)29)16-27(23,4)5/h9-15,25H,8,16H2,1-7H3,(H,30,31). The average molecular weight is 435 g/mol. The van der Waals surface area contributed by atoms with Crippen molar-refractivity contribution >= 4 is 24.1 Å². The lowest BCUT2D eigenvalue weighted by Gasteiger charge is -2.47. The Kier molecular flexibility index (Phi) is 6.37. The van der Waals surface area contributed by atoms with Crippen molar-refractivity contribution in [3.05, 3.63) is 69.3 Å². The minimum absolute atomic E-state index is 0.125. The van der Waals surface area contributed by atoms with Crippen molar-refractivity contribution in [2.75, 3.05) is 0 Å². The molecule has 1 aliphatic carbocycles. The quantitative estimate of drug-likeness (QED) is 0.442. The number of carbonyl (C=O) groups excluding carboxylic acids is 1. The molecule has 1 unspecified atom stereocenters. The maximum Gasteiger partial charge on any atom is 0.335 e. The van der Waals surface area contributed by atoms with Crippen LogP contribution in [0.5, 0.6) is 0 Å². The number of carboxylic acids is 1. The van der Waals surface area contributed by atoms with Crippen LogP contribution in [0, 0.1) is 6.92 Å². The first-order valence-corrected chi connectivity index (χ1v) is 11.2. The van der Waals surface area contributed by atoms with Gasteiger partial charge < -0.3 is 9.84 Å². The van der Waals surface area contributed by atoms with Crippen LogP contribution in [0.2, 0.25) is 0 Å². The molecule has 0 amide bonds. The fourth-order valence-electron chi connectivity index (χ4n) is 4.79. The number of hydrogen-bond acceptors (Lipinski definition) is 3. The molecule has 32 heavy (non-hydrogen) atoms.